The molecule has 1 saturated carbocycles. The van der Waals surface area contributed by atoms with E-state index in [0.717, 1.165) is 11.4 Å². The molecule has 0 aliphatic heterocycles. The van der Waals surface area contributed by atoms with Gasteiger partial charge in [0.25, 0.3) is 0 Å². The number of rotatable bonds is 1. The molecular formula is C11H14N2O. The first-order valence-corrected chi connectivity index (χ1v) is 4.84. The lowest BCUT2D eigenvalue weighted by atomic mass is 9.60. The molecule has 1 atom stereocenters. The quantitative estimate of drug-likeness (QED) is 0.679. The van der Waals surface area contributed by atoms with Gasteiger partial charge in [0, 0.05) is 30.1 Å². The molecule has 14 heavy (non-hydrogen) atoms. The van der Waals surface area contributed by atoms with Crippen LogP contribution in [0.2, 0.25) is 0 Å². The normalized spacial score (nSPS) is 24.5. The molecule has 0 radical (unpaired) electrons. The fourth-order valence-electron chi connectivity index (χ4n) is 1.97. The number of ketones is 1. The molecule has 74 valence electrons. The molecule has 0 spiro atoms. The molecule has 1 aliphatic rings. The van der Waals surface area contributed by atoms with Crippen LogP contribution in [0, 0.1) is 12.3 Å². The van der Waals surface area contributed by atoms with Crippen LogP contribution in [0.15, 0.2) is 12.4 Å². The molecule has 1 aliphatic carbocycles. The van der Waals surface area contributed by atoms with Crippen LogP contribution in [0.3, 0.4) is 0 Å². The zero-order chi connectivity index (χ0) is 10.3. The Hall–Kier alpha value is -1.25. The van der Waals surface area contributed by atoms with E-state index in [4.69, 9.17) is 0 Å². The predicted octanol–water partition coefficient (Wildman–Crippen LogP) is 1.87. The molecular weight excluding hydrogens is 176 g/mol. The second-order valence-electron chi connectivity index (χ2n) is 4.43. The third kappa shape index (κ3) is 1.15. The first-order valence-electron chi connectivity index (χ1n) is 4.84. The van der Waals surface area contributed by atoms with Gasteiger partial charge in [-0.3, -0.25) is 14.8 Å². The number of carbonyl (C=O) groups is 1. The summed E-state index contributed by atoms with van der Waals surface area (Å²) in [7, 11) is 0. The van der Waals surface area contributed by atoms with Gasteiger partial charge in [0.2, 0.25) is 0 Å². The van der Waals surface area contributed by atoms with Crippen LogP contribution < -0.4 is 0 Å². The van der Waals surface area contributed by atoms with Gasteiger partial charge in [0.1, 0.15) is 5.78 Å². The van der Waals surface area contributed by atoms with Crippen LogP contribution in [0.4, 0.5) is 0 Å². The van der Waals surface area contributed by atoms with E-state index in [2.05, 4.69) is 9.97 Å². The smallest absolute Gasteiger partial charge is 0.139 e. The lowest BCUT2D eigenvalue weighted by Gasteiger charge is -2.42. The number of nitrogens with zero attached hydrogens (tertiary/aromatic N) is 2. The summed E-state index contributed by atoms with van der Waals surface area (Å²) in [4.78, 5) is 19.9. The maximum Gasteiger partial charge on any atom is 0.139 e. The van der Waals surface area contributed by atoms with E-state index < -0.39 is 0 Å². The van der Waals surface area contributed by atoms with E-state index in [-0.39, 0.29) is 11.3 Å². The number of hydrogen-bond donors (Lipinski definition) is 0. The minimum Gasteiger partial charge on any atom is -0.299 e. The summed E-state index contributed by atoms with van der Waals surface area (Å²) in [5.41, 5.74) is 1.68. The molecule has 0 saturated heterocycles. The lowest BCUT2D eigenvalue weighted by Crippen LogP contribution is -2.44. The maximum absolute atomic E-state index is 11.4. The summed E-state index contributed by atoms with van der Waals surface area (Å²) in [5.74, 6) is 0.580. The van der Waals surface area contributed by atoms with Crippen LogP contribution >= 0.6 is 0 Å². The Bertz CT molecular complexity index is 385. The van der Waals surface area contributed by atoms with Crippen molar-refractivity contribution in [3.05, 3.63) is 23.8 Å². The number of carbonyl (C=O) groups excluding carboxylic acids is 1. The Morgan fingerprint density at radius 1 is 1.36 bits per heavy atom. The van der Waals surface area contributed by atoms with Gasteiger partial charge in [-0.15, -0.1) is 0 Å². The van der Waals surface area contributed by atoms with Crippen molar-refractivity contribution in [2.45, 2.75) is 33.1 Å². The molecule has 2 rings (SSSR count). The molecule has 1 heterocycles. The zero-order valence-electron chi connectivity index (χ0n) is 8.74. The molecule has 1 unspecified atom stereocenters. The van der Waals surface area contributed by atoms with Gasteiger partial charge in [-0.2, -0.15) is 0 Å². The van der Waals surface area contributed by atoms with E-state index in [1.54, 1.807) is 12.4 Å². The highest BCUT2D eigenvalue weighted by molar-refractivity contribution is 5.92. The molecule has 3 heteroatoms. The van der Waals surface area contributed by atoms with Crippen molar-refractivity contribution in [2.24, 2.45) is 5.41 Å². The van der Waals surface area contributed by atoms with Gasteiger partial charge >= 0.3 is 0 Å². The monoisotopic (exact) mass is 190 g/mol. The van der Waals surface area contributed by atoms with Crippen LogP contribution in [-0.2, 0) is 4.79 Å². The van der Waals surface area contributed by atoms with Crippen molar-refractivity contribution in [1.82, 2.24) is 9.97 Å². The molecule has 0 aromatic carbocycles. The topological polar surface area (TPSA) is 42.9 Å². The van der Waals surface area contributed by atoms with Crippen molar-refractivity contribution >= 4 is 5.78 Å². The van der Waals surface area contributed by atoms with Crippen molar-refractivity contribution in [2.75, 3.05) is 0 Å². The van der Waals surface area contributed by atoms with Gasteiger partial charge in [0.15, 0.2) is 0 Å². The first kappa shape index (κ1) is 9.31. The highest BCUT2D eigenvalue weighted by atomic mass is 16.1. The van der Waals surface area contributed by atoms with Crippen molar-refractivity contribution < 1.29 is 4.79 Å². The van der Waals surface area contributed by atoms with Gasteiger partial charge in [-0.05, 0) is 6.92 Å². The summed E-state index contributed by atoms with van der Waals surface area (Å²) < 4.78 is 0. The van der Waals surface area contributed by atoms with Crippen LogP contribution in [-0.4, -0.2) is 15.8 Å². The summed E-state index contributed by atoms with van der Waals surface area (Å²) in [6, 6.07) is 0. The molecule has 1 fully saturated rings. The Labute approximate surface area is 83.6 Å². The van der Waals surface area contributed by atoms with Crippen molar-refractivity contribution in [1.29, 1.82) is 0 Å². The second-order valence-corrected chi connectivity index (χ2v) is 4.43. The maximum atomic E-state index is 11.4. The lowest BCUT2D eigenvalue weighted by molar-refractivity contribution is -0.138. The average Bonchev–Trinajstić information content (AvgIpc) is 2.16. The molecule has 3 nitrogen and oxygen atoms in total. The van der Waals surface area contributed by atoms with E-state index in [1.165, 1.54) is 0 Å². The minimum atomic E-state index is -0.249. The van der Waals surface area contributed by atoms with Crippen molar-refractivity contribution in [3.8, 4) is 0 Å². The molecule has 1 aromatic rings. The fraction of sp³-hybridized carbons (Fsp3) is 0.545. The number of aromatic nitrogens is 2. The second kappa shape index (κ2) is 2.87. The number of hydrogen-bond acceptors (Lipinski definition) is 3. The third-order valence-corrected chi connectivity index (χ3v) is 3.23. The van der Waals surface area contributed by atoms with Crippen LogP contribution in [0.1, 0.15) is 37.6 Å². The summed E-state index contributed by atoms with van der Waals surface area (Å²) in [6.45, 7) is 5.91. The number of aryl methyl sites for hydroxylation is 1. The third-order valence-electron chi connectivity index (χ3n) is 3.23. The Kier molecular flexibility index (Phi) is 1.91. The largest absolute Gasteiger partial charge is 0.299 e. The Morgan fingerprint density at radius 3 is 2.50 bits per heavy atom. The molecule has 1 aromatic heterocycles. The average molecular weight is 190 g/mol. The highest BCUT2D eigenvalue weighted by Crippen LogP contribution is 2.49. The minimum absolute atomic E-state index is 0.249. The van der Waals surface area contributed by atoms with E-state index in [1.807, 2.05) is 20.8 Å². The summed E-state index contributed by atoms with van der Waals surface area (Å²) >= 11 is 0. The molecule has 0 N–H and O–H groups in total. The zero-order valence-corrected chi connectivity index (χ0v) is 8.74. The van der Waals surface area contributed by atoms with E-state index in [0.29, 0.717) is 12.2 Å². The van der Waals surface area contributed by atoms with Crippen LogP contribution in [0.25, 0.3) is 0 Å². The predicted molar refractivity (Wildman–Crippen MR) is 52.9 cm³/mol. The molecule has 0 bridgehead atoms. The SMILES string of the molecule is Cc1nccnc1C1CC(=O)C1(C)C. The van der Waals surface area contributed by atoms with Gasteiger partial charge in [-0.1, -0.05) is 13.8 Å². The number of Topliss-reactive ketones (excluding diaryl/α,β-unsaturated/α-hetero) is 1. The van der Waals surface area contributed by atoms with Gasteiger partial charge in [0.05, 0.1) is 11.4 Å². The van der Waals surface area contributed by atoms with Crippen LogP contribution in [0.5, 0.6) is 0 Å². The van der Waals surface area contributed by atoms with Gasteiger partial charge < -0.3 is 0 Å². The Morgan fingerprint density at radius 2 is 2.00 bits per heavy atom. The Balaban J connectivity index is 2.35. The summed E-state index contributed by atoms with van der Waals surface area (Å²) in [6.07, 6.45) is 4.00. The highest BCUT2D eigenvalue weighted by Gasteiger charge is 2.49. The first-order chi connectivity index (χ1) is 6.53. The summed E-state index contributed by atoms with van der Waals surface area (Å²) in [5, 5.41) is 0. The van der Waals surface area contributed by atoms with Gasteiger partial charge in [-0.25, -0.2) is 0 Å². The van der Waals surface area contributed by atoms with E-state index >= 15 is 0 Å². The van der Waals surface area contributed by atoms with Crippen molar-refractivity contribution in [3.63, 3.8) is 0 Å². The fourth-order valence-corrected chi connectivity index (χ4v) is 1.97. The molecule has 0 amide bonds. The standard InChI is InChI=1S/C11H14N2O/c1-7-10(13-5-4-12-7)8-6-9(14)11(8,2)3/h4-5,8H,6H2,1-3H3. The van der Waals surface area contributed by atoms with E-state index in [9.17, 15) is 4.79 Å².